The fourth-order valence-electron chi connectivity index (χ4n) is 5.78. The van der Waals surface area contributed by atoms with Crippen molar-refractivity contribution in [3.8, 4) is 11.5 Å². The molecule has 2 aliphatic heterocycles. The van der Waals surface area contributed by atoms with Crippen molar-refractivity contribution in [3.63, 3.8) is 0 Å². The maximum Gasteiger partial charge on any atom is 0.586 e. The number of carboxylic acid groups (broad SMARTS) is 1. The van der Waals surface area contributed by atoms with Crippen LogP contribution in [-0.2, 0) is 14.9 Å². The molecule has 1 saturated heterocycles. The van der Waals surface area contributed by atoms with Crippen LogP contribution in [0.4, 0.5) is 14.6 Å². The number of aliphatic carboxylic acids is 1. The van der Waals surface area contributed by atoms with E-state index in [9.17, 15) is 18.7 Å². The monoisotopic (exact) mass is 518 g/mol. The molecule has 2 aliphatic carbocycles. The van der Waals surface area contributed by atoms with Gasteiger partial charge in [0.25, 0.3) is 0 Å². The largest absolute Gasteiger partial charge is 0.586 e. The minimum Gasteiger partial charge on any atom is -0.478 e. The molecule has 194 valence electrons. The zero-order chi connectivity index (χ0) is 26.2. The van der Waals surface area contributed by atoms with E-state index in [1.165, 1.54) is 6.07 Å². The van der Waals surface area contributed by atoms with Crippen molar-refractivity contribution in [2.45, 2.75) is 49.7 Å². The number of epoxide rings is 1. The maximum absolute atomic E-state index is 13.5. The topological polar surface area (TPSA) is 93.2 Å². The summed E-state index contributed by atoms with van der Waals surface area (Å²) in [5.41, 5.74) is 1.77. The molecule has 0 amide bonds. The summed E-state index contributed by atoms with van der Waals surface area (Å²) < 4.78 is 42.2. The second-order valence-electron chi connectivity index (χ2n) is 10.4. The minimum atomic E-state index is -3.65. The van der Waals surface area contributed by atoms with Gasteiger partial charge in [0.1, 0.15) is 11.9 Å². The Balaban J connectivity index is 1.14. The first-order valence-corrected chi connectivity index (χ1v) is 12.6. The molecule has 38 heavy (non-hydrogen) atoms. The highest BCUT2D eigenvalue weighted by Gasteiger charge is 2.63. The van der Waals surface area contributed by atoms with Gasteiger partial charge in [-0.1, -0.05) is 55.5 Å². The Morgan fingerprint density at radius 1 is 1.11 bits per heavy atom. The molecule has 3 aromatic rings. The molecule has 2 N–H and O–H groups in total. The predicted octanol–water partition coefficient (Wildman–Crippen LogP) is 5.73. The summed E-state index contributed by atoms with van der Waals surface area (Å²) in [7, 11) is 0. The van der Waals surface area contributed by atoms with Crippen LogP contribution < -0.4 is 14.8 Å². The number of carbonyl (C=O) groups is 1. The minimum absolute atomic E-state index is 0.0325. The Bertz CT molecular complexity index is 1550. The fourth-order valence-corrected chi connectivity index (χ4v) is 5.78. The second kappa shape index (κ2) is 8.01. The number of halogens is 2. The lowest BCUT2D eigenvalue weighted by Gasteiger charge is -2.23. The van der Waals surface area contributed by atoms with Gasteiger partial charge in [-0.3, -0.25) is 0 Å². The van der Waals surface area contributed by atoms with E-state index in [2.05, 4.69) is 14.8 Å². The highest BCUT2D eigenvalue weighted by Crippen LogP contribution is 2.59. The summed E-state index contributed by atoms with van der Waals surface area (Å²) in [5.74, 6) is -0.329. The molecule has 0 bridgehead atoms. The van der Waals surface area contributed by atoms with Crippen LogP contribution in [0.5, 0.6) is 11.5 Å². The van der Waals surface area contributed by atoms with Crippen molar-refractivity contribution in [3.05, 3.63) is 83.6 Å². The van der Waals surface area contributed by atoms with Crippen LogP contribution in [0.1, 0.15) is 36.9 Å². The average molecular weight is 519 g/mol. The molecule has 3 heterocycles. The van der Waals surface area contributed by atoms with E-state index in [-0.39, 0.29) is 46.7 Å². The number of aromatic nitrogens is 1. The lowest BCUT2D eigenvalue weighted by molar-refractivity contribution is -0.286. The van der Waals surface area contributed by atoms with Crippen LogP contribution in [0.25, 0.3) is 10.8 Å². The molecule has 1 aromatic heterocycles. The van der Waals surface area contributed by atoms with Gasteiger partial charge < -0.3 is 24.6 Å². The van der Waals surface area contributed by atoms with Crippen LogP contribution in [0.3, 0.4) is 0 Å². The summed E-state index contributed by atoms with van der Waals surface area (Å²) in [6, 6.07) is 14.9. The fraction of sp³-hybridized carbons (Fsp3) is 0.310. The van der Waals surface area contributed by atoms with Crippen molar-refractivity contribution < 1.29 is 32.9 Å². The number of benzene rings is 2. The van der Waals surface area contributed by atoms with Gasteiger partial charge in [-0.15, -0.1) is 8.78 Å². The number of fused-ring (bicyclic) bond motifs is 2. The summed E-state index contributed by atoms with van der Waals surface area (Å²) in [6.45, 7) is 1.99. The number of hydrogen-bond donors (Lipinski definition) is 2. The Hall–Kier alpha value is -3.98. The van der Waals surface area contributed by atoms with E-state index in [1.807, 2.05) is 43.3 Å². The molecule has 2 fully saturated rings. The van der Waals surface area contributed by atoms with Crippen molar-refractivity contribution in [2.24, 2.45) is 5.92 Å². The van der Waals surface area contributed by atoms with Gasteiger partial charge in [-0.25, -0.2) is 9.78 Å². The van der Waals surface area contributed by atoms with Crippen LogP contribution in [-0.4, -0.2) is 34.7 Å². The first-order chi connectivity index (χ1) is 18.2. The third-order valence-electron chi connectivity index (χ3n) is 7.92. The van der Waals surface area contributed by atoms with E-state index in [0.29, 0.717) is 5.82 Å². The van der Waals surface area contributed by atoms with Crippen molar-refractivity contribution in [2.75, 3.05) is 5.32 Å². The third kappa shape index (κ3) is 3.80. The number of alkyl halides is 2. The first-order valence-electron chi connectivity index (χ1n) is 12.6. The summed E-state index contributed by atoms with van der Waals surface area (Å²) in [5, 5.41) is 14.8. The first kappa shape index (κ1) is 23.2. The number of pyridine rings is 1. The molecule has 9 heteroatoms. The van der Waals surface area contributed by atoms with Crippen molar-refractivity contribution >= 4 is 22.6 Å². The lowest BCUT2D eigenvalue weighted by atomic mass is 9.83. The molecule has 7 nitrogen and oxygen atoms in total. The van der Waals surface area contributed by atoms with Crippen molar-refractivity contribution in [1.82, 2.24) is 4.98 Å². The molecule has 0 spiro atoms. The highest BCUT2D eigenvalue weighted by molar-refractivity contribution is 5.91. The Labute approximate surface area is 216 Å². The number of anilines is 1. The maximum atomic E-state index is 13.5. The summed E-state index contributed by atoms with van der Waals surface area (Å²) in [4.78, 5) is 16.4. The van der Waals surface area contributed by atoms with E-state index in [4.69, 9.17) is 9.72 Å². The number of allylic oxidation sites excluding steroid dienone is 2. The molecule has 4 unspecified atom stereocenters. The molecule has 1 saturated carbocycles. The van der Waals surface area contributed by atoms with Gasteiger partial charge in [-0.05, 0) is 47.9 Å². The van der Waals surface area contributed by atoms with Gasteiger partial charge in [0, 0.05) is 16.7 Å². The highest BCUT2D eigenvalue weighted by atomic mass is 19.3. The number of nitrogens with one attached hydrogen (secondary N) is 1. The molecular formula is C29H24F2N2O5. The van der Waals surface area contributed by atoms with Crippen molar-refractivity contribution in [1.29, 1.82) is 0 Å². The van der Waals surface area contributed by atoms with Crippen LogP contribution >= 0.6 is 0 Å². The molecular weight excluding hydrogens is 494 g/mol. The number of ether oxygens (including phenoxy) is 3. The molecule has 0 radical (unpaired) electrons. The van der Waals surface area contributed by atoms with E-state index in [0.717, 1.165) is 34.9 Å². The Morgan fingerprint density at radius 3 is 2.66 bits per heavy atom. The Kier molecular flexibility index (Phi) is 4.88. The van der Waals surface area contributed by atoms with E-state index >= 15 is 0 Å². The van der Waals surface area contributed by atoms with Gasteiger partial charge >= 0.3 is 12.3 Å². The van der Waals surface area contributed by atoms with Gasteiger partial charge in [0.2, 0.25) is 0 Å². The molecule has 4 aliphatic rings. The predicted molar refractivity (Wildman–Crippen MR) is 134 cm³/mol. The average Bonchev–Trinajstić information content (AvgIpc) is 3.79. The smallest absolute Gasteiger partial charge is 0.478 e. The standard InChI is InChI=1S/C29H24F2N2O5/c1-15-12-17(27(34)35)6-8-19(15)24-20-5-3-2-4-16(20)13-23(32-24)33-26-25(36-26)28(10-11-28)18-7-9-21-22(14-18)38-29(30,31)37-21/h2-9,12-15,19,25-26H,10-11H2,1H3,(H,32,33)(H,34,35). The number of rotatable bonds is 6. The molecule has 4 atom stereocenters. The normalized spacial score (nSPS) is 27.6. The van der Waals surface area contributed by atoms with Crippen LogP contribution in [0, 0.1) is 5.92 Å². The van der Waals surface area contributed by atoms with Gasteiger partial charge in [-0.2, -0.15) is 0 Å². The Morgan fingerprint density at radius 2 is 1.89 bits per heavy atom. The van der Waals surface area contributed by atoms with E-state index in [1.54, 1.807) is 24.3 Å². The molecule has 2 aromatic carbocycles. The summed E-state index contributed by atoms with van der Waals surface area (Å²) in [6.07, 6.45) is 3.02. The quantitative estimate of drug-likeness (QED) is 0.403. The summed E-state index contributed by atoms with van der Waals surface area (Å²) >= 11 is 0. The molecule has 7 rings (SSSR count). The second-order valence-corrected chi connectivity index (χ2v) is 10.4. The number of nitrogens with zero attached hydrogens (tertiary/aromatic N) is 1. The van der Waals surface area contributed by atoms with Gasteiger partial charge in [0.05, 0.1) is 11.3 Å². The number of carboxylic acids is 1. The zero-order valence-corrected chi connectivity index (χ0v) is 20.4. The number of hydrogen-bond acceptors (Lipinski definition) is 6. The zero-order valence-electron chi connectivity index (χ0n) is 20.4. The van der Waals surface area contributed by atoms with E-state index < -0.39 is 12.3 Å². The lowest BCUT2D eigenvalue weighted by Crippen LogP contribution is -2.26. The van der Waals surface area contributed by atoms with Crippen LogP contribution in [0.15, 0.2) is 72.3 Å². The third-order valence-corrected chi connectivity index (χ3v) is 7.92. The van der Waals surface area contributed by atoms with Gasteiger partial charge in [0.15, 0.2) is 17.7 Å². The SMILES string of the molecule is CC1C=C(C(=O)O)C=CC1c1nc(NC2OC2C2(c3ccc4c(c3)OC(F)(F)O4)CC2)cc2ccccc12. The van der Waals surface area contributed by atoms with Crippen LogP contribution in [0.2, 0.25) is 0 Å².